The van der Waals surface area contributed by atoms with Crippen LogP contribution in [-0.4, -0.2) is 23.0 Å². The maximum absolute atomic E-state index is 13.0. The van der Waals surface area contributed by atoms with E-state index in [0.29, 0.717) is 19.3 Å². The first-order valence-electron chi connectivity index (χ1n) is 7.20. The van der Waals surface area contributed by atoms with Gasteiger partial charge in [0.1, 0.15) is 11.9 Å². The zero-order valence-corrected chi connectivity index (χ0v) is 12.2. The Morgan fingerprint density at radius 1 is 1.33 bits per heavy atom. The number of carboxylic acid groups (broad SMARTS) is 1. The molecule has 1 saturated carbocycles. The van der Waals surface area contributed by atoms with E-state index < -0.39 is 17.4 Å². The van der Waals surface area contributed by atoms with Crippen LogP contribution in [-0.2, 0) is 15.0 Å². The second-order valence-electron chi connectivity index (χ2n) is 5.76. The molecule has 2 rings (SSSR count). The molecule has 2 N–H and O–H groups in total. The van der Waals surface area contributed by atoms with Crippen LogP contribution in [0.25, 0.3) is 0 Å². The number of carboxylic acids is 1. The van der Waals surface area contributed by atoms with Gasteiger partial charge in [0.05, 0.1) is 5.41 Å². The Hall–Kier alpha value is -1.91. The summed E-state index contributed by atoms with van der Waals surface area (Å²) < 4.78 is 13.0. The molecule has 1 amide bonds. The van der Waals surface area contributed by atoms with Crippen LogP contribution in [0.15, 0.2) is 24.3 Å². The molecule has 1 aliphatic carbocycles. The molecule has 0 spiro atoms. The molecule has 1 unspecified atom stereocenters. The topological polar surface area (TPSA) is 66.4 Å². The minimum absolute atomic E-state index is 0.143. The summed E-state index contributed by atoms with van der Waals surface area (Å²) in [7, 11) is 0. The van der Waals surface area contributed by atoms with Crippen LogP contribution in [0.5, 0.6) is 0 Å². The van der Waals surface area contributed by atoms with Crippen molar-refractivity contribution in [1.29, 1.82) is 0 Å². The van der Waals surface area contributed by atoms with E-state index in [4.69, 9.17) is 0 Å². The lowest BCUT2D eigenvalue weighted by atomic mass is 9.93. The molecular weight excluding hydrogens is 273 g/mol. The van der Waals surface area contributed by atoms with E-state index in [0.717, 1.165) is 5.56 Å². The maximum Gasteiger partial charge on any atom is 0.326 e. The number of amides is 1. The molecule has 1 aliphatic rings. The lowest BCUT2D eigenvalue weighted by Crippen LogP contribution is -2.48. The molecule has 0 heterocycles. The van der Waals surface area contributed by atoms with Crippen molar-refractivity contribution in [2.45, 2.75) is 44.6 Å². The van der Waals surface area contributed by atoms with Gasteiger partial charge in [-0.1, -0.05) is 32.4 Å². The monoisotopic (exact) mass is 293 g/mol. The Balaban J connectivity index is 2.15. The van der Waals surface area contributed by atoms with Crippen LogP contribution in [0, 0.1) is 11.7 Å². The quantitative estimate of drug-likeness (QED) is 0.846. The van der Waals surface area contributed by atoms with Crippen LogP contribution in [0.3, 0.4) is 0 Å². The minimum Gasteiger partial charge on any atom is -0.480 e. The molecule has 0 radical (unpaired) electrons. The highest BCUT2D eigenvalue weighted by Crippen LogP contribution is 2.48. The summed E-state index contributed by atoms with van der Waals surface area (Å²) in [6.07, 6.45) is 2.00. The summed E-state index contributed by atoms with van der Waals surface area (Å²) in [4.78, 5) is 23.8. The summed E-state index contributed by atoms with van der Waals surface area (Å²) in [5.41, 5.74) is 0.0594. The maximum atomic E-state index is 13.0. The van der Waals surface area contributed by atoms with Gasteiger partial charge in [-0.15, -0.1) is 0 Å². The number of benzene rings is 1. The van der Waals surface area contributed by atoms with Crippen LogP contribution in [0.2, 0.25) is 0 Å². The molecule has 0 aromatic heterocycles. The highest BCUT2D eigenvalue weighted by Gasteiger charge is 2.52. The van der Waals surface area contributed by atoms with Crippen molar-refractivity contribution in [3.05, 3.63) is 35.6 Å². The van der Waals surface area contributed by atoms with Gasteiger partial charge in [0, 0.05) is 0 Å². The minimum atomic E-state index is -1.02. The summed E-state index contributed by atoms with van der Waals surface area (Å²) in [6.45, 7) is 3.69. The van der Waals surface area contributed by atoms with Crippen LogP contribution >= 0.6 is 0 Å². The molecule has 21 heavy (non-hydrogen) atoms. The van der Waals surface area contributed by atoms with Gasteiger partial charge < -0.3 is 10.4 Å². The third-order valence-electron chi connectivity index (χ3n) is 4.35. The summed E-state index contributed by atoms with van der Waals surface area (Å²) in [5.74, 6) is -1.79. The van der Waals surface area contributed by atoms with Gasteiger partial charge >= 0.3 is 5.97 Å². The zero-order chi connectivity index (χ0) is 15.6. The van der Waals surface area contributed by atoms with Crippen molar-refractivity contribution < 1.29 is 19.1 Å². The van der Waals surface area contributed by atoms with Crippen molar-refractivity contribution in [3.8, 4) is 0 Å². The van der Waals surface area contributed by atoms with Crippen molar-refractivity contribution in [2.75, 3.05) is 0 Å². The highest BCUT2D eigenvalue weighted by atomic mass is 19.1. The summed E-state index contributed by atoms with van der Waals surface area (Å²) >= 11 is 0. The van der Waals surface area contributed by atoms with E-state index in [9.17, 15) is 19.1 Å². The Kier molecular flexibility index (Phi) is 4.30. The Bertz CT molecular complexity index is 537. The van der Waals surface area contributed by atoms with Crippen molar-refractivity contribution in [2.24, 2.45) is 5.92 Å². The molecule has 0 bridgehead atoms. The lowest BCUT2D eigenvalue weighted by Gasteiger charge is -2.23. The van der Waals surface area contributed by atoms with E-state index in [1.165, 1.54) is 12.1 Å². The fraction of sp³-hybridized carbons (Fsp3) is 0.500. The largest absolute Gasteiger partial charge is 0.480 e. The van der Waals surface area contributed by atoms with Crippen molar-refractivity contribution in [1.82, 2.24) is 5.32 Å². The Morgan fingerprint density at radius 2 is 1.90 bits per heavy atom. The highest BCUT2D eigenvalue weighted by molar-refractivity contribution is 5.94. The predicted octanol–water partition coefficient (Wildman–Crippen LogP) is 2.47. The number of aliphatic carboxylic acids is 1. The third-order valence-corrected chi connectivity index (χ3v) is 4.35. The summed E-state index contributed by atoms with van der Waals surface area (Å²) in [5, 5.41) is 11.9. The standard InChI is InChI=1S/C16H20FNO3/c1-3-10(2)13(14(19)20)18-15(21)16(8-9-16)11-4-6-12(17)7-5-11/h4-7,10,13H,3,8-9H2,1-2H3,(H,18,21)(H,19,20)/t10?,13-/m0/s1. The van der Waals surface area contributed by atoms with Crippen LogP contribution in [0.4, 0.5) is 4.39 Å². The molecule has 5 heteroatoms. The van der Waals surface area contributed by atoms with E-state index in [1.807, 2.05) is 6.92 Å². The Labute approximate surface area is 123 Å². The third kappa shape index (κ3) is 3.06. The van der Waals surface area contributed by atoms with Gasteiger partial charge in [-0.05, 0) is 36.5 Å². The molecule has 1 aromatic carbocycles. The molecule has 0 aliphatic heterocycles. The first-order chi connectivity index (χ1) is 9.90. The fourth-order valence-electron chi connectivity index (χ4n) is 2.50. The van der Waals surface area contributed by atoms with Crippen molar-refractivity contribution in [3.63, 3.8) is 0 Å². The average molecular weight is 293 g/mol. The van der Waals surface area contributed by atoms with E-state index in [2.05, 4.69) is 5.32 Å². The normalized spacial score (nSPS) is 18.6. The molecule has 1 aromatic rings. The first-order valence-corrected chi connectivity index (χ1v) is 7.20. The molecule has 114 valence electrons. The van der Waals surface area contributed by atoms with Gasteiger partial charge in [-0.3, -0.25) is 4.79 Å². The number of nitrogens with one attached hydrogen (secondary N) is 1. The van der Waals surface area contributed by atoms with E-state index in [1.54, 1.807) is 19.1 Å². The van der Waals surface area contributed by atoms with Gasteiger partial charge in [0.25, 0.3) is 0 Å². The van der Waals surface area contributed by atoms with Gasteiger partial charge in [-0.2, -0.15) is 0 Å². The van der Waals surface area contributed by atoms with Crippen molar-refractivity contribution >= 4 is 11.9 Å². The van der Waals surface area contributed by atoms with Gasteiger partial charge in [-0.25, -0.2) is 9.18 Å². The smallest absolute Gasteiger partial charge is 0.326 e. The molecule has 2 atom stereocenters. The number of rotatable bonds is 6. The number of hydrogen-bond donors (Lipinski definition) is 2. The second-order valence-corrected chi connectivity index (χ2v) is 5.76. The fourth-order valence-corrected chi connectivity index (χ4v) is 2.50. The molecular formula is C16H20FNO3. The average Bonchev–Trinajstić information content (AvgIpc) is 3.25. The van der Waals surface area contributed by atoms with Crippen LogP contribution < -0.4 is 5.32 Å². The predicted molar refractivity (Wildman–Crippen MR) is 76.3 cm³/mol. The first kappa shape index (κ1) is 15.5. The summed E-state index contributed by atoms with van der Waals surface area (Å²) in [6, 6.07) is 4.96. The molecule has 1 fully saturated rings. The SMILES string of the molecule is CCC(C)[C@H](NC(=O)C1(c2ccc(F)cc2)CC1)C(=O)O. The molecule has 0 saturated heterocycles. The number of carbonyl (C=O) groups is 2. The van der Waals surface area contributed by atoms with Gasteiger partial charge in [0.2, 0.25) is 5.91 Å². The zero-order valence-electron chi connectivity index (χ0n) is 12.2. The number of halogens is 1. The Morgan fingerprint density at radius 3 is 2.33 bits per heavy atom. The van der Waals surface area contributed by atoms with Gasteiger partial charge in [0.15, 0.2) is 0 Å². The second kappa shape index (κ2) is 5.84. The van der Waals surface area contributed by atoms with Crippen LogP contribution in [0.1, 0.15) is 38.7 Å². The molecule has 4 nitrogen and oxygen atoms in total. The number of carbonyl (C=O) groups excluding carboxylic acids is 1. The lowest BCUT2D eigenvalue weighted by molar-refractivity contribution is -0.143. The van der Waals surface area contributed by atoms with E-state index in [-0.39, 0.29) is 17.6 Å². The number of hydrogen-bond acceptors (Lipinski definition) is 2. The van der Waals surface area contributed by atoms with E-state index >= 15 is 0 Å².